The molecule has 1 aliphatic heterocycles. The molecule has 0 amide bonds. The molecule has 1 aromatic heterocycles. The van der Waals surface area contributed by atoms with Gasteiger partial charge in [0.1, 0.15) is 0 Å². The highest BCUT2D eigenvalue weighted by Crippen LogP contribution is 2.39. The van der Waals surface area contributed by atoms with Gasteiger partial charge in [0.05, 0.1) is 13.2 Å². The van der Waals surface area contributed by atoms with Crippen molar-refractivity contribution in [2.75, 3.05) is 33.4 Å². The van der Waals surface area contributed by atoms with Gasteiger partial charge in [-0.15, -0.1) is 0 Å². The van der Waals surface area contributed by atoms with Crippen LogP contribution >= 0.6 is 0 Å². The van der Waals surface area contributed by atoms with Gasteiger partial charge in [0.15, 0.2) is 5.82 Å². The van der Waals surface area contributed by atoms with E-state index >= 15 is 0 Å². The summed E-state index contributed by atoms with van der Waals surface area (Å²) in [7, 11) is 1.71. The molecular formula is C15H25N3O3. The Bertz CT molecular complexity index is 461. The van der Waals surface area contributed by atoms with E-state index in [1.54, 1.807) is 7.11 Å². The first-order chi connectivity index (χ1) is 10.2. The van der Waals surface area contributed by atoms with Gasteiger partial charge in [-0.1, -0.05) is 5.16 Å². The number of likely N-dealkylation sites (tertiary alicyclic amines) is 1. The zero-order valence-corrected chi connectivity index (χ0v) is 12.8. The number of hydrogen-bond acceptors (Lipinski definition) is 6. The molecule has 1 saturated heterocycles. The molecule has 2 heterocycles. The number of ether oxygens (including phenoxy) is 1. The first kappa shape index (κ1) is 14.9. The minimum atomic E-state index is -0.0443. The number of nitrogens with zero attached hydrogens (tertiary/aromatic N) is 3. The topological polar surface area (TPSA) is 71.6 Å². The second kappa shape index (κ2) is 6.42. The van der Waals surface area contributed by atoms with Gasteiger partial charge >= 0.3 is 0 Å². The molecule has 1 aromatic rings. The molecule has 1 unspecified atom stereocenters. The van der Waals surface area contributed by atoms with E-state index in [2.05, 4.69) is 15.0 Å². The molecule has 6 heteroatoms. The second-order valence-electron chi connectivity index (χ2n) is 6.54. The van der Waals surface area contributed by atoms with E-state index in [1.165, 1.54) is 12.8 Å². The van der Waals surface area contributed by atoms with E-state index in [0.717, 1.165) is 44.1 Å². The summed E-state index contributed by atoms with van der Waals surface area (Å²) >= 11 is 0. The van der Waals surface area contributed by atoms with Gasteiger partial charge in [-0.3, -0.25) is 4.90 Å². The van der Waals surface area contributed by atoms with Crippen LogP contribution in [0.2, 0.25) is 0 Å². The van der Waals surface area contributed by atoms with Crippen molar-refractivity contribution in [1.82, 2.24) is 15.0 Å². The predicted octanol–water partition coefficient (Wildman–Crippen LogP) is 1.56. The van der Waals surface area contributed by atoms with Crippen molar-refractivity contribution in [2.45, 2.75) is 44.6 Å². The second-order valence-corrected chi connectivity index (χ2v) is 6.54. The lowest BCUT2D eigenvalue weighted by molar-refractivity contribution is 0.00377. The lowest BCUT2D eigenvalue weighted by Gasteiger charge is -2.41. The van der Waals surface area contributed by atoms with Gasteiger partial charge in [0.25, 0.3) is 0 Å². The Morgan fingerprint density at radius 3 is 3.05 bits per heavy atom. The van der Waals surface area contributed by atoms with Gasteiger partial charge in [-0.2, -0.15) is 4.98 Å². The lowest BCUT2D eigenvalue weighted by atomic mass is 9.78. The fourth-order valence-corrected chi connectivity index (χ4v) is 3.20. The third-order valence-corrected chi connectivity index (χ3v) is 4.69. The molecule has 0 aromatic carbocycles. The molecule has 6 nitrogen and oxygen atoms in total. The Hall–Kier alpha value is -0.980. The number of aromatic nitrogens is 2. The third kappa shape index (κ3) is 3.62. The van der Waals surface area contributed by atoms with Crippen molar-refractivity contribution in [3.63, 3.8) is 0 Å². The predicted molar refractivity (Wildman–Crippen MR) is 76.8 cm³/mol. The number of aliphatic hydroxyl groups excluding tert-OH is 1. The average molecular weight is 295 g/mol. The Labute approximate surface area is 125 Å². The zero-order chi connectivity index (χ0) is 14.7. The van der Waals surface area contributed by atoms with Crippen LogP contribution in [0.15, 0.2) is 4.52 Å². The first-order valence-electron chi connectivity index (χ1n) is 7.89. The van der Waals surface area contributed by atoms with Gasteiger partial charge in [-0.25, -0.2) is 0 Å². The zero-order valence-electron chi connectivity index (χ0n) is 12.8. The number of rotatable bonds is 7. The van der Waals surface area contributed by atoms with E-state index in [1.807, 2.05) is 0 Å². The summed E-state index contributed by atoms with van der Waals surface area (Å²) in [5, 5.41) is 13.9. The van der Waals surface area contributed by atoms with Crippen LogP contribution in [0.3, 0.4) is 0 Å². The molecule has 2 aliphatic rings. The summed E-state index contributed by atoms with van der Waals surface area (Å²) in [6, 6.07) is 0. The molecule has 1 N–H and O–H groups in total. The van der Waals surface area contributed by atoms with Crippen LogP contribution in [0.4, 0.5) is 0 Å². The molecule has 0 bridgehead atoms. The number of piperidine rings is 1. The molecule has 1 saturated carbocycles. The van der Waals surface area contributed by atoms with Gasteiger partial charge in [-0.05, 0) is 38.6 Å². The normalized spacial score (nSPS) is 27.1. The Morgan fingerprint density at radius 1 is 1.48 bits per heavy atom. The maximum atomic E-state index is 9.81. The van der Waals surface area contributed by atoms with Gasteiger partial charge in [0.2, 0.25) is 5.89 Å². The molecule has 118 valence electrons. The van der Waals surface area contributed by atoms with E-state index in [-0.39, 0.29) is 12.0 Å². The molecule has 1 atom stereocenters. The maximum absolute atomic E-state index is 9.81. The summed E-state index contributed by atoms with van der Waals surface area (Å²) in [6.45, 7) is 3.53. The van der Waals surface area contributed by atoms with E-state index < -0.39 is 0 Å². The van der Waals surface area contributed by atoms with E-state index in [0.29, 0.717) is 19.1 Å². The summed E-state index contributed by atoms with van der Waals surface area (Å²) in [6.07, 6.45) is 5.41. The molecule has 1 aliphatic carbocycles. The van der Waals surface area contributed by atoms with Crippen LogP contribution in [0.25, 0.3) is 0 Å². The standard InChI is InChI=1S/C15H25N3O3/c1-20-8-6-15(11-19)5-2-7-18(10-15)9-13-16-14(21-17-13)12-3-4-12/h12,19H,2-11H2,1H3. The Kier molecular flexibility index (Phi) is 4.57. The molecule has 2 fully saturated rings. The molecule has 3 rings (SSSR count). The van der Waals surface area contributed by atoms with Crippen LogP contribution < -0.4 is 0 Å². The highest BCUT2D eigenvalue weighted by atomic mass is 16.5. The molecular weight excluding hydrogens is 270 g/mol. The Balaban J connectivity index is 1.58. The summed E-state index contributed by atoms with van der Waals surface area (Å²) in [5.41, 5.74) is -0.0443. The molecule has 0 radical (unpaired) electrons. The molecule has 21 heavy (non-hydrogen) atoms. The quantitative estimate of drug-likeness (QED) is 0.823. The van der Waals surface area contributed by atoms with Crippen molar-refractivity contribution < 1.29 is 14.4 Å². The molecule has 0 spiro atoms. The van der Waals surface area contributed by atoms with Crippen molar-refractivity contribution >= 4 is 0 Å². The fourth-order valence-electron chi connectivity index (χ4n) is 3.20. The van der Waals surface area contributed by atoms with Crippen LogP contribution in [-0.2, 0) is 11.3 Å². The van der Waals surface area contributed by atoms with Gasteiger partial charge in [0, 0.05) is 31.6 Å². The van der Waals surface area contributed by atoms with E-state index in [4.69, 9.17) is 9.26 Å². The van der Waals surface area contributed by atoms with Gasteiger partial charge < -0.3 is 14.4 Å². The number of methoxy groups -OCH3 is 1. The highest BCUT2D eigenvalue weighted by Gasteiger charge is 2.35. The largest absolute Gasteiger partial charge is 0.396 e. The van der Waals surface area contributed by atoms with Crippen molar-refractivity contribution in [1.29, 1.82) is 0 Å². The van der Waals surface area contributed by atoms with Crippen molar-refractivity contribution in [2.24, 2.45) is 5.41 Å². The number of hydrogen-bond donors (Lipinski definition) is 1. The van der Waals surface area contributed by atoms with Crippen molar-refractivity contribution in [3.8, 4) is 0 Å². The Morgan fingerprint density at radius 2 is 2.33 bits per heavy atom. The van der Waals surface area contributed by atoms with Crippen LogP contribution in [0.5, 0.6) is 0 Å². The number of aliphatic hydroxyl groups is 1. The monoisotopic (exact) mass is 295 g/mol. The van der Waals surface area contributed by atoms with E-state index in [9.17, 15) is 5.11 Å². The van der Waals surface area contributed by atoms with Crippen LogP contribution in [0.1, 0.15) is 49.7 Å². The third-order valence-electron chi connectivity index (χ3n) is 4.69. The van der Waals surface area contributed by atoms with Crippen LogP contribution in [0, 0.1) is 5.41 Å². The fraction of sp³-hybridized carbons (Fsp3) is 0.867. The summed E-state index contributed by atoms with van der Waals surface area (Å²) < 4.78 is 10.5. The summed E-state index contributed by atoms with van der Waals surface area (Å²) in [5.74, 6) is 2.08. The smallest absolute Gasteiger partial charge is 0.229 e. The highest BCUT2D eigenvalue weighted by molar-refractivity contribution is 5.02. The average Bonchev–Trinajstić information content (AvgIpc) is 3.26. The minimum Gasteiger partial charge on any atom is -0.396 e. The van der Waals surface area contributed by atoms with Crippen molar-refractivity contribution in [3.05, 3.63) is 11.7 Å². The maximum Gasteiger partial charge on any atom is 0.229 e. The lowest BCUT2D eigenvalue weighted by Crippen LogP contribution is -2.45. The van der Waals surface area contributed by atoms with Crippen LogP contribution in [-0.4, -0.2) is 53.6 Å². The first-order valence-corrected chi connectivity index (χ1v) is 7.89. The minimum absolute atomic E-state index is 0.0443. The SMILES string of the molecule is COCCC1(CO)CCCN(Cc2noc(C3CC3)n2)C1. The summed E-state index contributed by atoms with van der Waals surface area (Å²) in [4.78, 5) is 6.83.